The van der Waals surface area contributed by atoms with Crippen LogP contribution in [0, 0.1) is 0 Å². The van der Waals surface area contributed by atoms with Crippen molar-refractivity contribution in [3.05, 3.63) is 0 Å². The van der Waals surface area contributed by atoms with Crippen LogP contribution in [0.2, 0.25) is 0 Å². The molecule has 0 fully saturated rings. The second-order valence-electron chi connectivity index (χ2n) is 2.26. The maximum atomic E-state index is 10.7. The zero-order chi connectivity index (χ0) is 7.82. The molecule has 0 aliphatic heterocycles. The van der Waals surface area contributed by atoms with E-state index in [1.807, 2.05) is 6.92 Å². The van der Waals surface area contributed by atoms with Crippen molar-refractivity contribution in [2.24, 2.45) is 0 Å². The van der Waals surface area contributed by atoms with Crippen LogP contribution in [0.1, 0.15) is 39.5 Å². The SMILES string of the molecule is CCCCCC(=O)OCC.[BaH2].[Cd]. The molecule has 2 nitrogen and oxygen atoms in total. The van der Waals surface area contributed by atoms with Gasteiger partial charge in [-0.2, -0.15) is 0 Å². The van der Waals surface area contributed by atoms with Crippen LogP contribution in [0.3, 0.4) is 0 Å². The van der Waals surface area contributed by atoms with Gasteiger partial charge in [-0.3, -0.25) is 4.79 Å². The summed E-state index contributed by atoms with van der Waals surface area (Å²) in [7, 11) is 0. The Labute approximate surface area is 135 Å². The molecule has 0 aliphatic rings. The number of carbonyl (C=O) groups excluding carboxylic acids is 1. The van der Waals surface area contributed by atoms with Gasteiger partial charge in [0.05, 0.1) is 6.61 Å². The second-order valence-corrected chi connectivity index (χ2v) is 2.26. The minimum atomic E-state index is -0.0593. The van der Waals surface area contributed by atoms with Gasteiger partial charge in [0.1, 0.15) is 0 Å². The Morgan fingerprint density at radius 1 is 1.25 bits per heavy atom. The van der Waals surface area contributed by atoms with Gasteiger partial charge in [-0.15, -0.1) is 0 Å². The summed E-state index contributed by atoms with van der Waals surface area (Å²) < 4.78 is 4.75. The molecule has 0 bridgehead atoms. The van der Waals surface area contributed by atoms with Crippen molar-refractivity contribution in [2.75, 3.05) is 6.61 Å². The van der Waals surface area contributed by atoms with E-state index >= 15 is 0 Å². The minimum absolute atomic E-state index is 0. The Bertz CT molecular complexity index is 99.1. The molecule has 12 heavy (non-hydrogen) atoms. The molecular weight excluding hydrogens is 378 g/mol. The molecule has 0 rings (SSSR count). The zero-order valence-electron chi connectivity index (χ0n) is 7.56. The predicted molar refractivity (Wildman–Crippen MR) is 49.3 cm³/mol. The summed E-state index contributed by atoms with van der Waals surface area (Å²) in [5.74, 6) is -0.0593. The van der Waals surface area contributed by atoms with Crippen molar-refractivity contribution in [1.29, 1.82) is 0 Å². The van der Waals surface area contributed by atoms with Gasteiger partial charge in [-0.1, -0.05) is 19.8 Å². The Kier molecular flexibility index (Phi) is 25.1. The van der Waals surface area contributed by atoms with Crippen molar-refractivity contribution < 1.29 is 36.8 Å². The molecule has 0 aliphatic carbocycles. The first-order valence-electron chi connectivity index (χ1n) is 3.96. The number of hydrogen-bond donors (Lipinski definition) is 0. The van der Waals surface area contributed by atoms with Crippen LogP contribution < -0.4 is 0 Å². The molecule has 0 unspecified atom stereocenters. The second kappa shape index (κ2) is 15.4. The summed E-state index contributed by atoms with van der Waals surface area (Å²) in [5.41, 5.74) is 0. The molecule has 0 heterocycles. The quantitative estimate of drug-likeness (QED) is 0.397. The van der Waals surface area contributed by atoms with Gasteiger partial charge >= 0.3 is 54.9 Å². The summed E-state index contributed by atoms with van der Waals surface area (Å²) in [6, 6.07) is 0. The Balaban J connectivity index is -0.000000405. The fourth-order valence-electron chi connectivity index (χ4n) is 0.752. The van der Waals surface area contributed by atoms with E-state index in [2.05, 4.69) is 6.92 Å². The first kappa shape index (κ1) is 19.5. The van der Waals surface area contributed by atoms with Crippen LogP contribution in [0.25, 0.3) is 0 Å². The standard InChI is InChI=1S/C8H16O2.Ba.Cd.2H/c1-3-5-6-7-8(9)10-4-2;;;;/h3-7H2,1-2H3;;;;. The molecule has 0 spiro atoms. The van der Waals surface area contributed by atoms with Gasteiger partial charge in [-0.05, 0) is 13.3 Å². The number of esters is 1. The topological polar surface area (TPSA) is 26.3 Å². The summed E-state index contributed by atoms with van der Waals surface area (Å²) in [6.07, 6.45) is 3.83. The van der Waals surface area contributed by atoms with Crippen molar-refractivity contribution in [1.82, 2.24) is 0 Å². The molecular formula is C8H18BaCdO2. The van der Waals surface area contributed by atoms with Gasteiger partial charge in [0, 0.05) is 33.7 Å². The number of ether oxygens (including phenoxy) is 1. The van der Waals surface area contributed by atoms with Crippen LogP contribution in [-0.2, 0) is 36.8 Å². The summed E-state index contributed by atoms with van der Waals surface area (Å²) in [4.78, 5) is 10.7. The molecule has 0 radical (unpaired) electrons. The van der Waals surface area contributed by atoms with Crippen molar-refractivity contribution >= 4 is 54.9 Å². The van der Waals surface area contributed by atoms with E-state index in [-0.39, 0.29) is 82.1 Å². The number of carbonyl (C=O) groups is 1. The van der Waals surface area contributed by atoms with Crippen LogP contribution in [0.4, 0.5) is 0 Å². The molecule has 66 valence electrons. The predicted octanol–water partition coefficient (Wildman–Crippen LogP) is 1.21. The summed E-state index contributed by atoms with van der Waals surface area (Å²) in [5, 5.41) is 0. The fourth-order valence-corrected chi connectivity index (χ4v) is 0.752. The van der Waals surface area contributed by atoms with Crippen molar-refractivity contribution in [3.8, 4) is 0 Å². The molecule has 0 amide bonds. The maximum Gasteiger partial charge on any atom is 0 e. The third-order valence-electron chi connectivity index (χ3n) is 1.29. The van der Waals surface area contributed by atoms with Crippen LogP contribution >= 0.6 is 0 Å². The molecule has 0 N–H and O–H groups in total. The average molecular weight is 396 g/mol. The minimum Gasteiger partial charge on any atom is 0 e. The third-order valence-corrected chi connectivity index (χ3v) is 1.29. The van der Waals surface area contributed by atoms with Gasteiger partial charge < -0.3 is 4.74 Å². The molecule has 4 heteroatoms. The monoisotopic (exact) mass is 398 g/mol. The van der Waals surface area contributed by atoms with Crippen LogP contribution in [-0.4, -0.2) is 61.5 Å². The van der Waals surface area contributed by atoms with E-state index in [1.54, 1.807) is 0 Å². The summed E-state index contributed by atoms with van der Waals surface area (Å²) >= 11 is 0. The number of rotatable bonds is 5. The van der Waals surface area contributed by atoms with Crippen LogP contribution in [0.15, 0.2) is 0 Å². The van der Waals surface area contributed by atoms with E-state index in [9.17, 15) is 4.79 Å². The first-order valence-corrected chi connectivity index (χ1v) is 3.96. The number of hydrogen-bond acceptors (Lipinski definition) is 2. The largest absolute Gasteiger partial charge is 0 e. The third kappa shape index (κ3) is 14.5. The number of unbranched alkanes of at least 4 members (excludes halogenated alkanes) is 2. The zero-order valence-corrected chi connectivity index (χ0v) is 11.6. The Morgan fingerprint density at radius 2 is 1.83 bits per heavy atom. The van der Waals surface area contributed by atoms with E-state index < -0.39 is 0 Å². The first-order chi connectivity index (χ1) is 4.81. The normalized spacial score (nSPS) is 7.83. The molecule has 0 atom stereocenters. The Hall–Kier alpha value is 1.96. The van der Waals surface area contributed by atoms with Gasteiger partial charge in [0.25, 0.3) is 0 Å². The molecule has 0 saturated carbocycles. The smallest absolute Gasteiger partial charge is 0 e. The van der Waals surface area contributed by atoms with Gasteiger partial charge in [-0.25, -0.2) is 0 Å². The average Bonchev–Trinajstić information content (AvgIpc) is 1.89. The van der Waals surface area contributed by atoms with Gasteiger partial charge in [0.15, 0.2) is 0 Å². The molecule has 0 aromatic heterocycles. The molecule has 0 aromatic carbocycles. The van der Waals surface area contributed by atoms with Gasteiger partial charge in [0.2, 0.25) is 0 Å². The Morgan fingerprint density at radius 3 is 2.25 bits per heavy atom. The van der Waals surface area contributed by atoms with Crippen molar-refractivity contribution in [2.45, 2.75) is 39.5 Å². The summed E-state index contributed by atoms with van der Waals surface area (Å²) in [6.45, 7) is 4.45. The maximum absolute atomic E-state index is 10.7. The van der Waals surface area contributed by atoms with Crippen LogP contribution in [0.5, 0.6) is 0 Å². The van der Waals surface area contributed by atoms with E-state index in [0.29, 0.717) is 13.0 Å². The van der Waals surface area contributed by atoms with E-state index in [1.165, 1.54) is 0 Å². The fraction of sp³-hybridized carbons (Fsp3) is 0.875. The van der Waals surface area contributed by atoms with E-state index in [0.717, 1.165) is 19.3 Å². The van der Waals surface area contributed by atoms with E-state index in [4.69, 9.17) is 4.74 Å². The molecule has 0 aromatic rings. The van der Waals surface area contributed by atoms with Crippen molar-refractivity contribution in [3.63, 3.8) is 0 Å². The molecule has 0 saturated heterocycles.